The number of rotatable bonds is 6. The molecule has 3 heterocycles. The molecule has 2 aromatic rings. The standard InChI is InChI=1S/C19H23N3O3S/c1-4-14-18(13(3)23)12(2)20-19(14)15(24)10-21-7-8-22(16(25)11-21)17-6-5-9-26-17/h5-6,9,20H,4,7-8,10-11H2,1-3H3. The van der Waals surface area contributed by atoms with Crippen molar-refractivity contribution >= 4 is 33.8 Å². The minimum atomic E-state index is -0.0742. The van der Waals surface area contributed by atoms with Gasteiger partial charge in [-0.1, -0.05) is 6.92 Å². The second-order valence-electron chi connectivity index (χ2n) is 6.52. The van der Waals surface area contributed by atoms with E-state index in [1.54, 1.807) is 4.90 Å². The van der Waals surface area contributed by atoms with Gasteiger partial charge in [-0.15, -0.1) is 11.3 Å². The van der Waals surface area contributed by atoms with Crippen molar-refractivity contribution in [1.82, 2.24) is 9.88 Å². The molecule has 26 heavy (non-hydrogen) atoms. The van der Waals surface area contributed by atoms with Crippen molar-refractivity contribution in [3.05, 3.63) is 40.0 Å². The lowest BCUT2D eigenvalue weighted by Gasteiger charge is -2.33. The van der Waals surface area contributed by atoms with Gasteiger partial charge in [-0.25, -0.2) is 0 Å². The highest BCUT2D eigenvalue weighted by atomic mass is 32.1. The van der Waals surface area contributed by atoms with Crippen LogP contribution in [0.2, 0.25) is 0 Å². The Bertz CT molecular complexity index is 839. The topological polar surface area (TPSA) is 73.5 Å². The smallest absolute Gasteiger partial charge is 0.241 e. The monoisotopic (exact) mass is 373 g/mol. The third-order valence-electron chi connectivity index (χ3n) is 4.71. The van der Waals surface area contributed by atoms with Crippen LogP contribution in [-0.2, 0) is 11.2 Å². The number of nitrogens with one attached hydrogen (secondary N) is 1. The van der Waals surface area contributed by atoms with E-state index in [1.807, 2.05) is 36.3 Å². The second-order valence-corrected chi connectivity index (χ2v) is 7.44. The van der Waals surface area contributed by atoms with Crippen LogP contribution in [0.4, 0.5) is 5.00 Å². The maximum absolute atomic E-state index is 12.8. The van der Waals surface area contributed by atoms with Crippen molar-refractivity contribution in [1.29, 1.82) is 0 Å². The summed E-state index contributed by atoms with van der Waals surface area (Å²) in [6.45, 7) is 6.90. The van der Waals surface area contributed by atoms with Gasteiger partial charge >= 0.3 is 0 Å². The van der Waals surface area contributed by atoms with Crippen molar-refractivity contribution in [3.63, 3.8) is 0 Å². The maximum Gasteiger partial charge on any atom is 0.241 e. The van der Waals surface area contributed by atoms with Crippen molar-refractivity contribution in [2.24, 2.45) is 0 Å². The zero-order valence-electron chi connectivity index (χ0n) is 15.3. The lowest BCUT2D eigenvalue weighted by atomic mass is 10.0. The number of amides is 1. The van der Waals surface area contributed by atoms with Gasteiger partial charge in [0, 0.05) is 24.3 Å². The van der Waals surface area contributed by atoms with E-state index in [0.717, 1.165) is 16.3 Å². The highest BCUT2D eigenvalue weighted by Gasteiger charge is 2.28. The number of thiophene rings is 1. The Morgan fingerprint density at radius 2 is 2.08 bits per heavy atom. The molecule has 2 aromatic heterocycles. The molecule has 3 rings (SSSR count). The molecular weight excluding hydrogens is 350 g/mol. The van der Waals surface area contributed by atoms with Crippen LogP contribution in [0.15, 0.2) is 17.5 Å². The first-order valence-electron chi connectivity index (χ1n) is 8.74. The Kier molecular flexibility index (Phi) is 5.38. The molecule has 0 aliphatic carbocycles. The van der Waals surface area contributed by atoms with Crippen LogP contribution in [0.25, 0.3) is 0 Å². The molecule has 0 atom stereocenters. The molecule has 1 N–H and O–H groups in total. The van der Waals surface area contributed by atoms with Gasteiger partial charge in [0.2, 0.25) is 5.91 Å². The number of aromatic nitrogens is 1. The number of nitrogens with zero attached hydrogens (tertiary/aromatic N) is 2. The molecule has 138 valence electrons. The Morgan fingerprint density at radius 3 is 2.65 bits per heavy atom. The average Bonchev–Trinajstić information content (AvgIpc) is 3.22. The molecule has 1 aliphatic heterocycles. The van der Waals surface area contributed by atoms with E-state index >= 15 is 0 Å². The molecule has 1 fully saturated rings. The molecule has 1 aliphatic rings. The summed E-state index contributed by atoms with van der Waals surface area (Å²) in [6.07, 6.45) is 0.616. The lowest BCUT2D eigenvalue weighted by molar-refractivity contribution is -0.121. The van der Waals surface area contributed by atoms with Gasteiger partial charge in [0.1, 0.15) is 0 Å². The van der Waals surface area contributed by atoms with Gasteiger partial charge in [0.15, 0.2) is 11.6 Å². The number of Topliss-reactive ketones (excluding diaryl/α,β-unsaturated/α-hetero) is 2. The van der Waals surface area contributed by atoms with Crippen molar-refractivity contribution < 1.29 is 14.4 Å². The SMILES string of the molecule is CCc1c(C(=O)CN2CCN(c3cccs3)C(=O)C2)[nH]c(C)c1C(C)=O. The maximum atomic E-state index is 12.8. The third-order valence-corrected chi connectivity index (χ3v) is 5.61. The number of H-pyrrole nitrogens is 1. The van der Waals surface area contributed by atoms with Gasteiger partial charge in [-0.3, -0.25) is 19.3 Å². The summed E-state index contributed by atoms with van der Waals surface area (Å²) < 4.78 is 0. The molecule has 1 saturated heterocycles. The van der Waals surface area contributed by atoms with Gasteiger partial charge in [-0.05, 0) is 43.3 Å². The number of anilines is 1. The first-order chi connectivity index (χ1) is 12.4. The first kappa shape index (κ1) is 18.5. The van der Waals surface area contributed by atoms with Gasteiger partial charge < -0.3 is 9.88 Å². The molecule has 1 amide bonds. The first-order valence-corrected chi connectivity index (χ1v) is 9.62. The van der Waals surface area contributed by atoms with E-state index in [2.05, 4.69) is 4.98 Å². The minimum Gasteiger partial charge on any atom is -0.355 e. The van der Waals surface area contributed by atoms with Crippen LogP contribution in [-0.4, -0.2) is 53.5 Å². The fraction of sp³-hybridized carbons (Fsp3) is 0.421. The molecule has 7 heteroatoms. The number of hydrogen-bond donors (Lipinski definition) is 1. The summed E-state index contributed by atoms with van der Waals surface area (Å²) in [5.41, 5.74) is 2.64. The van der Waals surface area contributed by atoms with E-state index in [0.29, 0.717) is 30.8 Å². The summed E-state index contributed by atoms with van der Waals surface area (Å²) in [6, 6.07) is 3.86. The normalized spacial score (nSPS) is 15.5. The van der Waals surface area contributed by atoms with Crippen LogP contribution in [0.3, 0.4) is 0 Å². The fourth-order valence-corrected chi connectivity index (χ4v) is 4.31. The Hall–Kier alpha value is -2.25. The quantitative estimate of drug-likeness (QED) is 0.790. The van der Waals surface area contributed by atoms with Crippen molar-refractivity contribution in [2.45, 2.75) is 27.2 Å². The predicted molar refractivity (Wildman–Crippen MR) is 102 cm³/mol. The predicted octanol–water partition coefficient (Wildman–Crippen LogP) is 2.68. The van der Waals surface area contributed by atoms with Crippen molar-refractivity contribution in [2.75, 3.05) is 31.1 Å². The van der Waals surface area contributed by atoms with Crippen LogP contribution in [0.1, 0.15) is 46.0 Å². The van der Waals surface area contributed by atoms with Gasteiger partial charge in [-0.2, -0.15) is 0 Å². The molecule has 0 radical (unpaired) electrons. The number of carbonyl (C=O) groups is 3. The Balaban J connectivity index is 1.71. The number of aryl methyl sites for hydroxylation is 1. The molecule has 0 unspecified atom stereocenters. The summed E-state index contributed by atoms with van der Waals surface area (Å²) in [5.74, 6) is -0.0986. The van der Waals surface area contributed by atoms with E-state index in [1.165, 1.54) is 18.3 Å². The zero-order valence-corrected chi connectivity index (χ0v) is 16.1. The summed E-state index contributed by atoms with van der Waals surface area (Å²) >= 11 is 1.54. The van der Waals surface area contributed by atoms with Crippen molar-refractivity contribution in [3.8, 4) is 0 Å². The van der Waals surface area contributed by atoms with Gasteiger partial charge in [0.25, 0.3) is 0 Å². The highest BCUT2D eigenvalue weighted by molar-refractivity contribution is 7.14. The molecular formula is C19H23N3O3S. The van der Waals surface area contributed by atoms with E-state index in [-0.39, 0.29) is 30.6 Å². The average molecular weight is 373 g/mol. The number of carbonyl (C=O) groups excluding carboxylic acids is 3. The largest absolute Gasteiger partial charge is 0.355 e. The molecule has 0 saturated carbocycles. The highest BCUT2D eigenvalue weighted by Crippen LogP contribution is 2.24. The Labute approximate surface area is 156 Å². The van der Waals surface area contributed by atoms with E-state index in [9.17, 15) is 14.4 Å². The number of hydrogen-bond acceptors (Lipinski definition) is 5. The summed E-state index contributed by atoms with van der Waals surface area (Å²) in [4.78, 5) is 43.8. The third kappa shape index (κ3) is 3.50. The fourth-order valence-electron chi connectivity index (χ4n) is 3.54. The molecule has 0 bridgehead atoms. The Morgan fingerprint density at radius 1 is 1.31 bits per heavy atom. The second kappa shape index (κ2) is 7.55. The number of aromatic amines is 1. The van der Waals surface area contributed by atoms with Crippen LogP contribution in [0.5, 0.6) is 0 Å². The minimum absolute atomic E-state index is 0.00862. The molecule has 6 nitrogen and oxygen atoms in total. The van der Waals surface area contributed by atoms with Crippen LogP contribution < -0.4 is 4.90 Å². The van der Waals surface area contributed by atoms with E-state index in [4.69, 9.17) is 0 Å². The van der Waals surface area contributed by atoms with Gasteiger partial charge in [0.05, 0.1) is 23.8 Å². The number of piperazine rings is 1. The van der Waals surface area contributed by atoms with Crippen LogP contribution in [0, 0.1) is 6.92 Å². The summed E-state index contributed by atoms with van der Waals surface area (Å²) in [5, 5.41) is 2.89. The molecule has 0 aromatic carbocycles. The lowest BCUT2D eigenvalue weighted by Crippen LogP contribution is -2.51. The molecule has 0 spiro atoms. The van der Waals surface area contributed by atoms with Crippen LogP contribution >= 0.6 is 11.3 Å². The van der Waals surface area contributed by atoms with E-state index < -0.39 is 0 Å². The number of ketones is 2. The summed E-state index contributed by atoms with van der Waals surface area (Å²) in [7, 11) is 0. The zero-order chi connectivity index (χ0) is 18.8.